The second-order valence-electron chi connectivity index (χ2n) is 7.58. The van der Waals surface area contributed by atoms with Crippen molar-refractivity contribution < 1.29 is 22.4 Å². The van der Waals surface area contributed by atoms with E-state index in [9.17, 15) is 18.0 Å². The van der Waals surface area contributed by atoms with E-state index in [1.165, 1.54) is 11.3 Å². The van der Waals surface area contributed by atoms with Gasteiger partial charge in [0, 0.05) is 30.6 Å². The van der Waals surface area contributed by atoms with Gasteiger partial charge < -0.3 is 4.42 Å². The van der Waals surface area contributed by atoms with Crippen molar-refractivity contribution in [1.82, 2.24) is 30.5 Å². The number of hydrogen-bond acceptors (Lipinski definition) is 12. The number of thioether (sulfide) groups is 1. The molecule has 2 atom stereocenters. The lowest BCUT2D eigenvalue weighted by molar-refractivity contribution is -0.119. The van der Waals surface area contributed by atoms with Gasteiger partial charge in [-0.25, -0.2) is 23.4 Å². The number of sulfone groups is 1. The van der Waals surface area contributed by atoms with Gasteiger partial charge in [0.15, 0.2) is 15.1 Å². The molecule has 0 aliphatic carbocycles. The van der Waals surface area contributed by atoms with Gasteiger partial charge in [-0.1, -0.05) is 17.8 Å². The van der Waals surface area contributed by atoms with Crippen molar-refractivity contribution in [2.45, 2.75) is 23.8 Å². The summed E-state index contributed by atoms with van der Waals surface area (Å²) in [5.41, 5.74) is 2.33. The van der Waals surface area contributed by atoms with Crippen LogP contribution in [0.3, 0.4) is 0 Å². The lowest BCUT2D eigenvalue weighted by Crippen LogP contribution is -2.25. The van der Waals surface area contributed by atoms with Gasteiger partial charge in [-0.15, -0.1) is 21.5 Å². The summed E-state index contributed by atoms with van der Waals surface area (Å²) in [6.07, 6.45) is 4.53. The van der Waals surface area contributed by atoms with E-state index >= 15 is 0 Å². The van der Waals surface area contributed by atoms with Gasteiger partial charge in [0.05, 0.1) is 10.2 Å². The number of carbonyl (C=O) groups excluding carboxylic acids is 2. The molecule has 0 spiro atoms. The lowest BCUT2D eigenvalue weighted by atomic mass is 10.1. The van der Waals surface area contributed by atoms with E-state index in [0.29, 0.717) is 11.3 Å². The molecule has 1 N–H and O–H groups in total. The van der Waals surface area contributed by atoms with E-state index < -0.39 is 31.5 Å². The molecule has 0 saturated carbocycles. The Morgan fingerprint density at radius 2 is 1.91 bits per heavy atom. The Balaban J connectivity index is 1.47. The van der Waals surface area contributed by atoms with Gasteiger partial charge in [0.25, 0.3) is 5.24 Å². The first-order chi connectivity index (χ1) is 16.2. The number of nitrogens with one attached hydrogen (secondary N) is 1. The average Bonchev–Trinajstić information content (AvgIpc) is 3.46. The lowest BCUT2D eigenvalue weighted by Gasteiger charge is -2.07. The van der Waals surface area contributed by atoms with Crippen LogP contribution < -0.4 is 5.32 Å². The molecule has 2 amide bonds. The fraction of sp³-hybridized carbons (Fsp3) is 0.250. The van der Waals surface area contributed by atoms with Crippen molar-refractivity contribution in [3.05, 3.63) is 53.2 Å². The average molecular weight is 517 g/mol. The minimum Gasteiger partial charge on any atom is -0.423 e. The van der Waals surface area contributed by atoms with Crippen LogP contribution in [0.25, 0.3) is 21.3 Å². The smallest absolute Gasteiger partial charge is 0.286 e. The standard InChI is InChI=1S/C20H16N6O5S3/c1-9-21-7-11(8-22-9)10-3-4-12-13(5-10)32-19(23-12)16(34(2,29)30)18-26-25-15(31-18)6-14-17(27)24-20(28)33-14/h3-5,7-8,14,16H,6H2,1-2H3,(H,24,27,28). The molecule has 4 heterocycles. The number of carbonyl (C=O) groups is 2. The monoisotopic (exact) mass is 516 g/mol. The van der Waals surface area contributed by atoms with E-state index in [1.54, 1.807) is 25.4 Å². The maximum atomic E-state index is 12.7. The third-order valence-electron chi connectivity index (χ3n) is 5.01. The highest BCUT2D eigenvalue weighted by Gasteiger charge is 2.36. The zero-order valence-electron chi connectivity index (χ0n) is 17.8. The van der Waals surface area contributed by atoms with Crippen molar-refractivity contribution in [2.75, 3.05) is 6.26 Å². The van der Waals surface area contributed by atoms with Crippen LogP contribution in [0, 0.1) is 6.92 Å². The van der Waals surface area contributed by atoms with E-state index in [2.05, 4.69) is 30.5 Å². The quantitative estimate of drug-likeness (QED) is 0.401. The van der Waals surface area contributed by atoms with Crippen LogP contribution in [0.4, 0.5) is 4.79 Å². The summed E-state index contributed by atoms with van der Waals surface area (Å²) in [5.74, 6) is 0.140. The summed E-state index contributed by atoms with van der Waals surface area (Å²) < 4.78 is 31.8. The van der Waals surface area contributed by atoms with E-state index in [1.807, 2.05) is 12.1 Å². The molecule has 11 nitrogen and oxygen atoms in total. The molecule has 0 bridgehead atoms. The molecule has 2 unspecified atom stereocenters. The second-order valence-corrected chi connectivity index (χ2v) is 12.0. The molecule has 4 aromatic rings. The largest absolute Gasteiger partial charge is 0.423 e. The molecule has 0 radical (unpaired) electrons. The van der Waals surface area contributed by atoms with Crippen molar-refractivity contribution in [2.24, 2.45) is 0 Å². The molecule has 1 aromatic carbocycles. The number of amides is 2. The summed E-state index contributed by atoms with van der Waals surface area (Å²) in [7, 11) is -3.73. The van der Waals surface area contributed by atoms with Crippen LogP contribution in [0.5, 0.6) is 0 Å². The zero-order valence-corrected chi connectivity index (χ0v) is 20.2. The molecule has 174 valence electrons. The van der Waals surface area contributed by atoms with Crippen LogP contribution in [-0.4, -0.2) is 56.2 Å². The minimum absolute atomic E-state index is 0.00749. The number of imide groups is 1. The highest BCUT2D eigenvalue weighted by atomic mass is 32.2. The van der Waals surface area contributed by atoms with Gasteiger partial charge in [-0.2, -0.15) is 0 Å². The number of thiazole rings is 1. The fourth-order valence-electron chi connectivity index (χ4n) is 3.39. The van der Waals surface area contributed by atoms with Crippen LogP contribution in [0.1, 0.15) is 27.9 Å². The van der Waals surface area contributed by atoms with Gasteiger partial charge in [0.2, 0.25) is 17.7 Å². The Kier molecular flexibility index (Phi) is 5.65. The third kappa shape index (κ3) is 4.43. The number of fused-ring (bicyclic) bond motifs is 1. The highest BCUT2D eigenvalue weighted by Crippen LogP contribution is 2.36. The topological polar surface area (TPSA) is 158 Å². The maximum absolute atomic E-state index is 12.7. The summed E-state index contributed by atoms with van der Waals surface area (Å²) >= 11 is 2.04. The molecule has 3 aromatic heterocycles. The molecule has 1 aliphatic rings. The SMILES string of the molecule is Cc1ncc(-c2ccc3nc(C(c4nnc(CC5SC(=O)NC5=O)o4)S(C)(=O)=O)sc3c2)cn1. The van der Waals surface area contributed by atoms with Crippen molar-refractivity contribution in [3.63, 3.8) is 0 Å². The number of benzene rings is 1. The molecular formula is C20H16N6O5S3. The molecule has 5 rings (SSSR count). The molecule has 14 heteroatoms. The Hall–Kier alpha value is -3.23. The van der Waals surface area contributed by atoms with Crippen molar-refractivity contribution in [3.8, 4) is 11.1 Å². The van der Waals surface area contributed by atoms with E-state index in [-0.39, 0.29) is 23.2 Å². The predicted octanol–water partition coefficient (Wildman–Crippen LogP) is 2.47. The van der Waals surface area contributed by atoms with Crippen molar-refractivity contribution >= 4 is 54.3 Å². The number of rotatable bonds is 6. The molecule has 34 heavy (non-hydrogen) atoms. The molecule has 1 saturated heterocycles. The second kappa shape index (κ2) is 8.52. The minimum atomic E-state index is -3.73. The van der Waals surface area contributed by atoms with Gasteiger partial charge >= 0.3 is 0 Å². The summed E-state index contributed by atoms with van der Waals surface area (Å²) in [6.45, 7) is 1.80. The normalized spacial score (nSPS) is 17.3. The number of aryl methyl sites for hydroxylation is 1. The summed E-state index contributed by atoms with van der Waals surface area (Å²) in [4.78, 5) is 36.1. The Morgan fingerprint density at radius 3 is 2.59 bits per heavy atom. The van der Waals surface area contributed by atoms with Crippen LogP contribution >= 0.6 is 23.1 Å². The van der Waals surface area contributed by atoms with Gasteiger partial charge in [-0.05, 0) is 24.6 Å². The first-order valence-corrected chi connectivity index (χ1v) is 13.5. The fourth-order valence-corrected chi connectivity index (χ4v) is 6.73. The van der Waals surface area contributed by atoms with E-state index in [4.69, 9.17) is 4.42 Å². The summed E-state index contributed by atoms with van der Waals surface area (Å²) in [5, 5.41) is 7.86. The molecular weight excluding hydrogens is 500 g/mol. The number of nitrogens with zero attached hydrogens (tertiary/aromatic N) is 5. The Bertz CT molecular complexity index is 1530. The van der Waals surface area contributed by atoms with Gasteiger partial charge in [-0.3, -0.25) is 14.9 Å². The van der Waals surface area contributed by atoms with Crippen LogP contribution in [-0.2, 0) is 21.1 Å². The van der Waals surface area contributed by atoms with Crippen LogP contribution in [0.15, 0.2) is 35.0 Å². The predicted molar refractivity (Wildman–Crippen MR) is 125 cm³/mol. The van der Waals surface area contributed by atoms with Gasteiger partial charge in [0.1, 0.15) is 16.1 Å². The van der Waals surface area contributed by atoms with E-state index in [0.717, 1.165) is 33.8 Å². The Labute approximate surface area is 201 Å². The number of aromatic nitrogens is 5. The van der Waals surface area contributed by atoms with Crippen LogP contribution in [0.2, 0.25) is 0 Å². The third-order valence-corrected chi connectivity index (χ3v) is 8.50. The molecule has 1 fully saturated rings. The molecule has 1 aliphatic heterocycles. The number of hydrogen-bond donors (Lipinski definition) is 1. The van der Waals surface area contributed by atoms with Crippen molar-refractivity contribution in [1.29, 1.82) is 0 Å². The summed E-state index contributed by atoms with van der Waals surface area (Å²) in [6, 6.07) is 5.57. The first-order valence-electron chi connectivity index (χ1n) is 9.89. The Morgan fingerprint density at radius 1 is 1.15 bits per heavy atom. The highest BCUT2D eigenvalue weighted by molar-refractivity contribution is 8.15. The zero-order chi connectivity index (χ0) is 24.0. The maximum Gasteiger partial charge on any atom is 0.286 e. The first kappa shape index (κ1) is 22.6.